The minimum absolute atomic E-state index is 0.942. The average molecular weight is 254 g/mol. The molecule has 0 heterocycles. The van der Waals surface area contributed by atoms with E-state index in [0.717, 1.165) is 19.5 Å². The molecule has 19 heavy (non-hydrogen) atoms. The first-order valence-corrected chi connectivity index (χ1v) is 6.78. The van der Waals surface area contributed by atoms with E-state index >= 15 is 0 Å². The quantitative estimate of drug-likeness (QED) is 0.852. The van der Waals surface area contributed by atoms with Gasteiger partial charge in [-0.3, -0.25) is 0 Å². The Kier molecular flexibility index (Phi) is 4.99. The fourth-order valence-electron chi connectivity index (χ4n) is 2.20. The van der Waals surface area contributed by atoms with Crippen LogP contribution in [0.2, 0.25) is 0 Å². The molecule has 2 rings (SSSR count). The summed E-state index contributed by atoms with van der Waals surface area (Å²) in [6, 6.07) is 19.3. The van der Waals surface area contributed by atoms with Gasteiger partial charge in [0, 0.05) is 19.3 Å². The first kappa shape index (κ1) is 13.6. The van der Waals surface area contributed by atoms with Crippen LogP contribution in [0.3, 0.4) is 0 Å². The Morgan fingerprint density at radius 2 is 1.68 bits per heavy atom. The van der Waals surface area contributed by atoms with Gasteiger partial charge in [0.05, 0.1) is 0 Å². The number of nitrogens with one attached hydrogen (secondary N) is 1. The van der Waals surface area contributed by atoms with E-state index in [4.69, 9.17) is 0 Å². The number of benzene rings is 2. The molecule has 0 aliphatic carbocycles. The van der Waals surface area contributed by atoms with Gasteiger partial charge in [0.25, 0.3) is 0 Å². The van der Waals surface area contributed by atoms with E-state index in [-0.39, 0.29) is 0 Å². The fraction of sp³-hybridized carbons (Fsp3) is 0.294. The van der Waals surface area contributed by atoms with Crippen LogP contribution in [0.25, 0.3) is 0 Å². The van der Waals surface area contributed by atoms with E-state index in [0.29, 0.717) is 0 Å². The van der Waals surface area contributed by atoms with E-state index in [9.17, 15) is 0 Å². The topological polar surface area (TPSA) is 15.3 Å². The second-order valence-corrected chi connectivity index (χ2v) is 4.87. The number of hydrogen-bond donors (Lipinski definition) is 1. The van der Waals surface area contributed by atoms with Crippen molar-refractivity contribution in [2.24, 2.45) is 0 Å². The van der Waals surface area contributed by atoms with Gasteiger partial charge in [-0.1, -0.05) is 42.5 Å². The third-order valence-corrected chi connectivity index (χ3v) is 3.27. The van der Waals surface area contributed by atoms with Crippen LogP contribution in [0.1, 0.15) is 11.1 Å². The van der Waals surface area contributed by atoms with Gasteiger partial charge in [-0.15, -0.1) is 0 Å². The van der Waals surface area contributed by atoms with Crippen LogP contribution in [0, 0.1) is 0 Å². The molecule has 0 spiro atoms. The van der Waals surface area contributed by atoms with Crippen LogP contribution in [-0.4, -0.2) is 20.6 Å². The van der Waals surface area contributed by atoms with Gasteiger partial charge in [0.15, 0.2) is 0 Å². The molecule has 2 aromatic carbocycles. The Morgan fingerprint density at radius 3 is 2.42 bits per heavy atom. The minimum atomic E-state index is 0.942. The third kappa shape index (κ3) is 4.11. The second kappa shape index (κ2) is 6.95. The average Bonchev–Trinajstić information content (AvgIpc) is 2.46. The van der Waals surface area contributed by atoms with Crippen LogP contribution in [0.15, 0.2) is 54.6 Å². The lowest BCUT2D eigenvalue weighted by atomic mass is 10.1. The summed E-state index contributed by atoms with van der Waals surface area (Å²) in [5, 5.41) is 3.19. The highest BCUT2D eigenvalue weighted by Crippen LogP contribution is 2.15. The molecule has 0 aromatic heterocycles. The van der Waals surface area contributed by atoms with E-state index in [2.05, 4.69) is 71.9 Å². The molecule has 0 atom stereocenters. The van der Waals surface area contributed by atoms with Gasteiger partial charge in [0.1, 0.15) is 0 Å². The molecule has 0 bridgehead atoms. The molecular formula is C17H22N2. The lowest BCUT2D eigenvalue weighted by molar-refractivity contribution is 0.790. The first-order valence-electron chi connectivity index (χ1n) is 6.78. The summed E-state index contributed by atoms with van der Waals surface area (Å²) in [6.45, 7) is 1.97. The Morgan fingerprint density at radius 1 is 0.947 bits per heavy atom. The molecule has 0 radical (unpaired) electrons. The van der Waals surface area contributed by atoms with Crippen molar-refractivity contribution in [2.75, 3.05) is 25.5 Å². The van der Waals surface area contributed by atoms with Crippen molar-refractivity contribution in [3.05, 3.63) is 65.7 Å². The lowest BCUT2D eigenvalue weighted by Gasteiger charge is -2.19. The Hall–Kier alpha value is -1.80. The van der Waals surface area contributed by atoms with Crippen molar-refractivity contribution >= 4 is 5.69 Å². The lowest BCUT2D eigenvalue weighted by Crippen LogP contribution is -2.16. The zero-order valence-electron chi connectivity index (χ0n) is 11.8. The summed E-state index contributed by atoms with van der Waals surface area (Å²) in [4.78, 5) is 2.27. The van der Waals surface area contributed by atoms with Gasteiger partial charge in [0.2, 0.25) is 0 Å². The molecule has 0 saturated carbocycles. The van der Waals surface area contributed by atoms with E-state index < -0.39 is 0 Å². The molecule has 0 fully saturated rings. The van der Waals surface area contributed by atoms with Crippen molar-refractivity contribution in [3.8, 4) is 0 Å². The maximum absolute atomic E-state index is 3.19. The molecule has 0 aliphatic rings. The standard InChI is InChI=1S/C17H22N2/c1-18-12-11-15-7-6-8-16(13-15)14-19(2)17-9-4-3-5-10-17/h3-10,13,18H,11-12,14H2,1-2H3. The zero-order chi connectivity index (χ0) is 13.5. The predicted molar refractivity (Wildman–Crippen MR) is 82.6 cm³/mol. The molecule has 0 amide bonds. The number of para-hydroxylation sites is 1. The van der Waals surface area contributed by atoms with Crippen molar-refractivity contribution in [1.82, 2.24) is 5.32 Å². The van der Waals surface area contributed by atoms with Crippen molar-refractivity contribution in [2.45, 2.75) is 13.0 Å². The number of nitrogens with zero attached hydrogens (tertiary/aromatic N) is 1. The highest BCUT2D eigenvalue weighted by atomic mass is 15.1. The van der Waals surface area contributed by atoms with Gasteiger partial charge >= 0.3 is 0 Å². The zero-order valence-corrected chi connectivity index (χ0v) is 11.8. The summed E-state index contributed by atoms with van der Waals surface area (Å²) >= 11 is 0. The van der Waals surface area contributed by atoms with Crippen molar-refractivity contribution in [1.29, 1.82) is 0 Å². The maximum atomic E-state index is 3.19. The van der Waals surface area contributed by atoms with Gasteiger partial charge < -0.3 is 10.2 Å². The summed E-state index contributed by atoms with van der Waals surface area (Å²) < 4.78 is 0. The maximum Gasteiger partial charge on any atom is 0.0426 e. The largest absolute Gasteiger partial charge is 0.370 e. The number of rotatable bonds is 6. The van der Waals surface area contributed by atoms with Crippen LogP contribution in [0.4, 0.5) is 5.69 Å². The molecule has 100 valence electrons. The van der Waals surface area contributed by atoms with E-state index in [1.54, 1.807) is 0 Å². The second-order valence-electron chi connectivity index (χ2n) is 4.87. The molecule has 0 aliphatic heterocycles. The summed E-state index contributed by atoms with van der Waals surface area (Å²) in [5.41, 5.74) is 4.01. The number of anilines is 1. The van der Waals surface area contributed by atoms with Crippen LogP contribution in [0.5, 0.6) is 0 Å². The fourth-order valence-corrected chi connectivity index (χ4v) is 2.20. The first-order chi connectivity index (χ1) is 9.29. The third-order valence-electron chi connectivity index (χ3n) is 3.27. The molecule has 0 unspecified atom stereocenters. The summed E-state index contributed by atoms with van der Waals surface area (Å²) in [7, 11) is 4.13. The number of hydrogen-bond acceptors (Lipinski definition) is 2. The Bertz CT molecular complexity index is 494. The molecule has 2 aromatic rings. The van der Waals surface area contributed by atoms with E-state index in [1.807, 2.05) is 7.05 Å². The smallest absolute Gasteiger partial charge is 0.0426 e. The highest BCUT2D eigenvalue weighted by Gasteiger charge is 2.02. The number of likely N-dealkylation sites (N-methyl/N-ethyl adjacent to an activating group) is 1. The normalized spacial score (nSPS) is 10.4. The molecule has 1 N–H and O–H groups in total. The predicted octanol–water partition coefficient (Wildman–Crippen LogP) is 3.08. The van der Waals surface area contributed by atoms with Gasteiger partial charge in [-0.25, -0.2) is 0 Å². The summed E-state index contributed by atoms with van der Waals surface area (Å²) in [5.74, 6) is 0. The minimum Gasteiger partial charge on any atom is -0.370 e. The Balaban J connectivity index is 2.02. The van der Waals surface area contributed by atoms with Crippen molar-refractivity contribution in [3.63, 3.8) is 0 Å². The van der Waals surface area contributed by atoms with Gasteiger partial charge in [-0.05, 0) is 43.3 Å². The van der Waals surface area contributed by atoms with Crippen LogP contribution in [-0.2, 0) is 13.0 Å². The SMILES string of the molecule is CNCCc1cccc(CN(C)c2ccccc2)c1. The van der Waals surface area contributed by atoms with Gasteiger partial charge in [-0.2, -0.15) is 0 Å². The molecular weight excluding hydrogens is 232 g/mol. The molecule has 2 nitrogen and oxygen atoms in total. The van der Waals surface area contributed by atoms with E-state index in [1.165, 1.54) is 16.8 Å². The monoisotopic (exact) mass is 254 g/mol. The Labute approximate surface area is 116 Å². The highest BCUT2D eigenvalue weighted by molar-refractivity contribution is 5.45. The van der Waals surface area contributed by atoms with Crippen LogP contribution < -0.4 is 10.2 Å². The van der Waals surface area contributed by atoms with Crippen molar-refractivity contribution < 1.29 is 0 Å². The molecule has 0 saturated heterocycles. The summed E-state index contributed by atoms with van der Waals surface area (Å²) in [6.07, 6.45) is 1.08. The molecule has 2 heteroatoms. The van der Waals surface area contributed by atoms with Crippen LogP contribution >= 0.6 is 0 Å².